The van der Waals surface area contributed by atoms with E-state index in [0.717, 1.165) is 14.2 Å². The molecule has 2 aromatic heterocycles. The number of carbonyl (C=O) groups excluding carboxylic acids is 1. The summed E-state index contributed by atoms with van der Waals surface area (Å²) in [7, 11) is 0. The van der Waals surface area contributed by atoms with Crippen molar-refractivity contribution < 1.29 is 9.21 Å². The van der Waals surface area contributed by atoms with Crippen molar-refractivity contribution in [1.82, 2.24) is 10.4 Å². The lowest BCUT2D eigenvalue weighted by atomic mass is 10.3. The smallest absolute Gasteiger partial charge is 0.257 e. The number of rotatable bonds is 5. The summed E-state index contributed by atoms with van der Waals surface area (Å²) in [5, 5.41) is 4.39. The Labute approximate surface area is 142 Å². The standard InChI is InChI=1S/C14H10BrN3O2S2/c15-12-6-5-9(22-12)7-16-18-13(19)8-21-14-17-10-3-1-2-4-11(10)20-14/h1-7H,8H2,(H,18,19)/b16-7-. The van der Waals surface area contributed by atoms with Gasteiger partial charge in [-0.2, -0.15) is 5.10 Å². The van der Waals surface area contributed by atoms with Crippen LogP contribution in [0.3, 0.4) is 0 Å². The van der Waals surface area contributed by atoms with E-state index in [1.54, 1.807) is 6.21 Å². The number of thiophene rings is 1. The van der Waals surface area contributed by atoms with E-state index in [4.69, 9.17) is 4.42 Å². The molecular formula is C14H10BrN3O2S2. The van der Waals surface area contributed by atoms with Crippen molar-refractivity contribution in [2.24, 2.45) is 5.10 Å². The second-order valence-corrected chi connectivity index (χ2v) is 7.59. The first-order chi connectivity index (χ1) is 10.7. The molecule has 1 aromatic carbocycles. The molecule has 1 amide bonds. The van der Waals surface area contributed by atoms with E-state index in [-0.39, 0.29) is 11.7 Å². The molecular weight excluding hydrogens is 386 g/mol. The maximum absolute atomic E-state index is 11.7. The summed E-state index contributed by atoms with van der Waals surface area (Å²) in [5.74, 6) is -0.0164. The number of amides is 1. The molecule has 0 unspecified atom stereocenters. The zero-order valence-electron chi connectivity index (χ0n) is 11.2. The molecule has 0 saturated heterocycles. The molecule has 2 heterocycles. The Bertz CT molecular complexity index is 795. The molecule has 3 rings (SSSR count). The predicted octanol–water partition coefficient (Wildman–Crippen LogP) is 3.89. The zero-order chi connectivity index (χ0) is 15.4. The molecule has 0 radical (unpaired) electrons. The second-order valence-electron chi connectivity index (χ2n) is 4.17. The first kappa shape index (κ1) is 15.3. The molecule has 0 aliphatic rings. The van der Waals surface area contributed by atoms with Gasteiger partial charge in [0.1, 0.15) is 5.52 Å². The van der Waals surface area contributed by atoms with Crippen LogP contribution in [0.2, 0.25) is 0 Å². The molecule has 0 aliphatic carbocycles. The Kier molecular flexibility index (Phi) is 4.91. The molecule has 0 atom stereocenters. The van der Waals surface area contributed by atoms with Crippen LogP contribution in [-0.4, -0.2) is 22.9 Å². The van der Waals surface area contributed by atoms with Crippen LogP contribution in [0.15, 0.2) is 54.9 Å². The summed E-state index contributed by atoms with van der Waals surface area (Å²) in [5.41, 5.74) is 3.97. The number of carbonyl (C=O) groups is 1. The van der Waals surface area contributed by atoms with Crippen molar-refractivity contribution in [3.63, 3.8) is 0 Å². The van der Waals surface area contributed by atoms with Gasteiger partial charge in [0.15, 0.2) is 5.58 Å². The van der Waals surface area contributed by atoms with Crippen molar-refractivity contribution >= 4 is 62.3 Å². The van der Waals surface area contributed by atoms with Gasteiger partial charge in [-0.15, -0.1) is 11.3 Å². The number of hydrogen-bond donors (Lipinski definition) is 1. The van der Waals surface area contributed by atoms with Gasteiger partial charge in [0, 0.05) is 4.88 Å². The highest BCUT2D eigenvalue weighted by molar-refractivity contribution is 9.11. The number of benzene rings is 1. The van der Waals surface area contributed by atoms with Gasteiger partial charge in [0.05, 0.1) is 15.8 Å². The number of aromatic nitrogens is 1. The highest BCUT2D eigenvalue weighted by Crippen LogP contribution is 2.23. The third kappa shape index (κ3) is 3.96. The fourth-order valence-corrected chi connectivity index (χ4v) is 3.56. The van der Waals surface area contributed by atoms with E-state index in [9.17, 15) is 4.79 Å². The van der Waals surface area contributed by atoms with Crippen LogP contribution < -0.4 is 5.43 Å². The third-order valence-corrected chi connectivity index (χ3v) is 4.96. The lowest BCUT2D eigenvalue weighted by molar-refractivity contribution is -0.118. The number of oxazole rings is 1. The van der Waals surface area contributed by atoms with E-state index in [2.05, 4.69) is 31.4 Å². The van der Waals surface area contributed by atoms with Crippen LogP contribution >= 0.6 is 39.0 Å². The first-order valence-corrected chi connectivity index (χ1v) is 8.86. The SMILES string of the molecule is O=C(CSc1nc2ccccc2o1)N/N=C\c1ccc(Br)s1. The van der Waals surface area contributed by atoms with E-state index in [0.29, 0.717) is 10.8 Å². The van der Waals surface area contributed by atoms with Crippen molar-refractivity contribution in [2.45, 2.75) is 5.22 Å². The number of nitrogens with zero attached hydrogens (tertiary/aromatic N) is 2. The van der Waals surface area contributed by atoms with Crippen LogP contribution in [0.4, 0.5) is 0 Å². The minimum absolute atomic E-state index is 0.193. The molecule has 3 aromatic rings. The van der Waals surface area contributed by atoms with Gasteiger partial charge in [-0.1, -0.05) is 23.9 Å². The van der Waals surface area contributed by atoms with Crippen LogP contribution in [0.1, 0.15) is 4.88 Å². The van der Waals surface area contributed by atoms with Gasteiger partial charge in [-0.05, 0) is 40.2 Å². The molecule has 1 N–H and O–H groups in total. The molecule has 0 saturated carbocycles. The number of hydrogen-bond acceptors (Lipinski definition) is 6. The van der Waals surface area contributed by atoms with Crippen molar-refractivity contribution in [1.29, 1.82) is 0 Å². The van der Waals surface area contributed by atoms with Crippen molar-refractivity contribution in [3.8, 4) is 0 Å². The Hall–Kier alpha value is -1.64. The van der Waals surface area contributed by atoms with Gasteiger partial charge < -0.3 is 4.42 Å². The number of hydrazone groups is 1. The Morgan fingerprint density at radius 3 is 3.05 bits per heavy atom. The Morgan fingerprint density at radius 1 is 1.41 bits per heavy atom. The van der Waals surface area contributed by atoms with Crippen LogP contribution in [0.5, 0.6) is 0 Å². The molecule has 22 heavy (non-hydrogen) atoms. The fourth-order valence-electron chi connectivity index (χ4n) is 1.64. The number of thioether (sulfide) groups is 1. The summed E-state index contributed by atoms with van der Waals surface area (Å²) in [6.07, 6.45) is 1.61. The quantitative estimate of drug-likeness (QED) is 0.404. The minimum atomic E-state index is -0.209. The monoisotopic (exact) mass is 395 g/mol. The number of para-hydroxylation sites is 2. The summed E-state index contributed by atoms with van der Waals surface area (Å²) in [4.78, 5) is 17.0. The highest BCUT2D eigenvalue weighted by Gasteiger charge is 2.08. The second kappa shape index (κ2) is 7.08. The summed E-state index contributed by atoms with van der Waals surface area (Å²) >= 11 is 6.14. The van der Waals surface area contributed by atoms with Crippen LogP contribution in [0, 0.1) is 0 Å². The number of halogens is 1. The molecule has 0 spiro atoms. The fraction of sp³-hybridized carbons (Fsp3) is 0.0714. The zero-order valence-corrected chi connectivity index (χ0v) is 14.4. The van der Waals surface area contributed by atoms with Gasteiger partial charge in [-0.3, -0.25) is 4.79 Å². The largest absolute Gasteiger partial charge is 0.431 e. The predicted molar refractivity (Wildman–Crippen MR) is 92.5 cm³/mol. The van der Waals surface area contributed by atoms with Gasteiger partial charge >= 0.3 is 0 Å². The molecule has 0 fully saturated rings. The van der Waals surface area contributed by atoms with Gasteiger partial charge in [0.2, 0.25) is 0 Å². The molecule has 0 aliphatic heterocycles. The maximum Gasteiger partial charge on any atom is 0.257 e. The highest BCUT2D eigenvalue weighted by atomic mass is 79.9. The summed E-state index contributed by atoms with van der Waals surface area (Å²) in [6, 6.07) is 11.3. The van der Waals surface area contributed by atoms with Crippen LogP contribution in [0.25, 0.3) is 11.1 Å². The average Bonchev–Trinajstić information content (AvgIpc) is 3.11. The van der Waals surface area contributed by atoms with Crippen molar-refractivity contribution in [3.05, 3.63) is 45.1 Å². The van der Waals surface area contributed by atoms with E-state index >= 15 is 0 Å². The summed E-state index contributed by atoms with van der Waals surface area (Å²) in [6.45, 7) is 0. The topological polar surface area (TPSA) is 67.5 Å². The van der Waals surface area contributed by atoms with E-state index in [1.807, 2.05) is 36.4 Å². The molecule has 5 nitrogen and oxygen atoms in total. The Morgan fingerprint density at radius 2 is 2.27 bits per heavy atom. The van der Waals surface area contributed by atoms with Gasteiger partial charge in [0.25, 0.3) is 11.1 Å². The van der Waals surface area contributed by atoms with E-state index in [1.165, 1.54) is 23.1 Å². The molecule has 8 heteroatoms. The van der Waals surface area contributed by atoms with E-state index < -0.39 is 0 Å². The lowest BCUT2D eigenvalue weighted by Crippen LogP contribution is -2.19. The van der Waals surface area contributed by atoms with Crippen LogP contribution in [-0.2, 0) is 4.79 Å². The molecule has 0 bridgehead atoms. The summed E-state index contributed by atoms with van der Waals surface area (Å²) < 4.78 is 6.55. The minimum Gasteiger partial charge on any atom is -0.431 e. The molecule has 112 valence electrons. The lowest BCUT2D eigenvalue weighted by Gasteiger charge is -1.96. The van der Waals surface area contributed by atoms with Crippen molar-refractivity contribution in [2.75, 3.05) is 5.75 Å². The Balaban J connectivity index is 1.50. The number of fused-ring (bicyclic) bond motifs is 1. The third-order valence-electron chi connectivity index (χ3n) is 2.58. The maximum atomic E-state index is 11.7. The van der Waals surface area contributed by atoms with Gasteiger partial charge in [-0.25, -0.2) is 10.4 Å². The number of nitrogens with one attached hydrogen (secondary N) is 1. The first-order valence-electron chi connectivity index (χ1n) is 6.26. The normalized spacial score (nSPS) is 11.3. The average molecular weight is 396 g/mol.